The summed E-state index contributed by atoms with van der Waals surface area (Å²) in [5.41, 5.74) is -0.207. The predicted octanol–water partition coefficient (Wildman–Crippen LogP) is 2.16. The van der Waals surface area contributed by atoms with E-state index in [1.165, 1.54) is 31.2 Å². The zero-order chi connectivity index (χ0) is 19.9. The van der Waals surface area contributed by atoms with Crippen LogP contribution in [0.3, 0.4) is 0 Å². The van der Waals surface area contributed by atoms with E-state index in [0.717, 1.165) is 6.08 Å². The summed E-state index contributed by atoms with van der Waals surface area (Å²) in [6.45, 7) is 6.57. The van der Waals surface area contributed by atoms with Crippen LogP contribution in [0.1, 0.15) is 33.3 Å². The van der Waals surface area contributed by atoms with Gasteiger partial charge in [0, 0.05) is 23.7 Å². The number of non-ortho nitro benzene ring substituents is 1. The highest BCUT2D eigenvalue weighted by atomic mass is 16.6. The molecule has 0 heterocycles. The molecular weight excluding hydrogens is 342 g/mol. The van der Waals surface area contributed by atoms with Crippen LogP contribution >= 0.6 is 0 Å². The summed E-state index contributed by atoms with van der Waals surface area (Å²) in [5, 5.41) is 15.3. The lowest BCUT2D eigenvalue weighted by Crippen LogP contribution is -2.50. The molecule has 1 aromatic rings. The molecular formula is C17H21N3O6. The van der Waals surface area contributed by atoms with Gasteiger partial charge in [-0.05, 0) is 39.3 Å². The number of nitro groups is 1. The maximum absolute atomic E-state index is 11.8. The van der Waals surface area contributed by atoms with Gasteiger partial charge in [0.25, 0.3) is 11.6 Å². The zero-order valence-corrected chi connectivity index (χ0v) is 14.9. The number of nitro benzene ring substituents is 1. The Labute approximate surface area is 150 Å². The van der Waals surface area contributed by atoms with E-state index in [4.69, 9.17) is 4.74 Å². The number of hydrogen-bond donors (Lipinski definition) is 2. The molecule has 0 aliphatic rings. The Morgan fingerprint density at radius 2 is 1.92 bits per heavy atom. The highest BCUT2D eigenvalue weighted by Gasteiger charge is 2.21. The Balaban J connectivity index is 2.58. The highest BCUT2D eigenvalue weighted by Crippen LogP contribution is 2.14. The van der Waals surface area contributed by atoms with Gasteiger partial charge < -0.3 is 10.1 Å². The third kappa shape index (κ3) is 7.56. The average molecular weight is 363 g/mol. The lowest BCUT2D eigenvalue weighted by atomic mass is 10.1. The highest BCUT2D eigenvalue weighted by molar-refractivity contribution is 5.98. The fraction of sp³-hybridized carbons (Fsp3) is 0.353. The third-order valence-electron chi connectivity index (χ3n) is 2.88. The van der Waals surface area contributed by atoms with E-state index in [9.17, 15) is 24.5 Å². The molecule has 0 saturated heterocycles. The smallest absolute Gasteiger partial charge is 0.331 e. The SMILES string of the molecule is CC(OC(=O)/C=C/c1cccc([N+](=O)[O-])c1)C(=O)NC(=O)NC(C)(C)C. The number of nitrogens with one attached hydrogen (secondary N) is 2. The van der Waals surface area contributed by atoms with Crippen LogP contribution in [0.15, 0.2) is 30.3 Å². The first-order valence-corrected chi connectivity index (χ1v) is 7.74. The number of imide groups is 1. The van der Waals surface area contributed by atoms with Crippen molar-refractivity contribution in [3.8, 4) is 0 Å². The van der Waals surface area contributed by atoms with E-state index in [-0.39, 0.29) is 5.69 Å². The molecule has 0 fully saturated rings. The summed E-state index contributed by atoms with van der Waals surface area (Å²) in [5.74, 6) is -1.60. The molecule has 0 spiro atoms. The standard InChI is InChI=1S/C17H21N3O6/c1-11(15(22)18-16(23)19-17(2,3)4)26-14(21)9-8-12-6-5-7-13(10-12)20(24)25/h5-11H,1-4H3,(H2,18,19,22,23)/b9-8+. The van der Waals surface area contributed by atoms with Gasteiger partial charge in [0.1, 0.15) is 0 Å². The molecule has 1 rings (SSSR count). The maximum atomic E-state index is 11.8. The Bertz CT molecular complexity index is 736. The first-order chi connectivity index (χ1) is 12.0. The van der Waals surface area contributed by atoms with Crippen molar-refractivity contribution in [3.05, 3.63) is 46.0 Å². The molecule has 0 saturated carbocycles. The van der Waals surface area contributed by atoms with Crippen LogP contribution in [0, 0.1) is 10.1 Å². The molecule has 26 heavy (non-hydrogen) atoms. The van der Waals surface area contributed by atoms with Gasteiger partial charge in [-0.15, -0.1) is 0 Å². The molecule has 2 N–H and O–H groups in total. The molecule has 1 atom stereocenters. The van der Waals surface area contributed by atoms with Crippen molar-refractivity contribution in [3.63, 3.8) is 0 Å². The minimum absolute atomic E-state index is 0.113. The van der Waals surface area contributed by atoms with Crippen molar-refractivity contribution in [2.24, 2.45) is 0 Å². The van der Waals surface area contributed by atoms with Crippen LogP contribution in [0.2, 0.25) is 0 Å². The van der Waals surface area contributed by atoms with Crippen molar-refractivity contribution in [1.82, 2.24) is 10.6 Å². The minimum Gasteiger partial charge on any atom is -0.449 e. The topological polar surface area (TPSA) is 128 Å². The van der Waals surface area contributed by atoms with Crippen LogP contribution in [0.25, 0.3) is 6.08 Å². The Morgan fingerprint density at radius 3 is 2.50 bits per heavy atom. The van der Waals surface area contributed by atoms with Gasteiger partial charge in [0.2, 0.25) is 0 Å². The van der Waals surface area contributed by atoms with Crippen LogP contribution < -0.4 is 10.6 Å². The Morgan fingerprint density at radius 1 is 1.27 bits per heavy atom. The fourth-order valence-corrected chi connectivity index (χ4v) is 1.76. The maximum Gasteiger partial charge on any atom is 0.331 e. The van der Waals surface area contributed by atoms with Crippen molar-refractivity contribution in [1.29, 1.82) is 0 Å². The number of amides is 3. The number of ether oxygens (including phenoxy) is 1. The number of carbonyl (C=O) groups excluding carboxylic acids is 3. The molecule has 0 aliphatic carbocycles. The number of hydrogen-bond acceptors (Lipinski definition) is 6. The lowest BCUT2D eigenvalue weighted by molar-refractivity contribution is -0.384. The van der Waals surface area contributed by atoms with E-state index >= 15 is 0 Å². The third-order valence-corrected chi connectivity index (χ3v) is 2.88. The average Bonchev–Trinajstić information content (AvgIpc) is 2.51. The van der Waals surface area contributed by atoms with Crippen molar-refractivity contribution < 1.29 is 24.0 Å². The molecule has 1 aromatic carbocycles. The summed E-state index contributed by atoms with van der Waals surface area (Å²) in [7, 11) is 0. The molecule has 0 radical (unpaired) electrons. The van der Waals surface area contributed by atoms with E-state index in [0.29, 0.717) is 5.56 Å². The van der Waals surface area contributed by atoms with Crippen LogP contribution in [-0.4, -0.2) is 34.5 Å². The summed E-state index contributed by atoms with van der Waals surface area (Å²) in [6.07, 6.45) is 1.17. The molecule has 9 nitrogen and oxygen atoms in total. The fourth-order valence-electron chi connectivity index (χ4n) is 1.76. The first kappa shape index (κ1) is 20.8. The first-order valence-electron chi connectivity index (χ1n) is 7.74. The normalized spacial score (nSPS) is 12.3. The molecule has 0 bridgehead atoms. The number of benzene rings is 1. The van der Waals surface area contributed by atoms with Gasteiger partial charge in [-0.3, -0.25) is 20.2 Å². The van der Waals surface area contributed by atoms with Crippen molar-refractivity contribution in [2.75, 3.05) is 0 Å². The van der Waals surface area contributed by atoms with Gasteiger partial charge in [-0.2, -0.15) is 0 Å². The van der Waals surface area contributed by atoms with E-state index in [2.05, 4.69) is 10.6 Å². The minimum atomic E-state index is -1.19. The second-order valence-electron chi connectivity index (χ2n) is 6.46. The quantitative estimate of drug-likeness (QED) is 0.357. The zero-order valence-electron chi connectivity index (χ0n) is 14.9. The van der Waals surface area contributed by atoms with Crippen LogP contribution in [0.5, 0.6) is 0 Å². The number of esters is 1. The molecule has 0 aliphatic heterocycles. The van der Waals surface area contributed by atoms with Gasteiger partial charge in [-0.25, -0.2) is 9.59 Å². The van der Waals surface area contributed by atoms with E-state index in [1.807, 2.05) is 0 Å². The second kappa shape index (κ2) is 8.75. The number of nitrogens with zero attached hydrogens (tertiary/aromatic N) is 1. The number of carbonyl (C=O) groups is 3. The summed E-state index contributed by atoms with van der Waals surface area (Å²) < 4.78 is 4.89. The molecule has 3 amide bonds. The predicted molar refractivity (Wildman–Crippen MR) is 94.1 cm³/mol. The van der Waals surface area contributed by atoms with E-state index in [1.54, 1.807) is 26.8 Å². The van der Waals surface area contributed by atoms with Crippen LogP contribution in [-0.2, 0) is 14.3 Å². The number of urea groups is 1. The monoisotopic (exact) mass is 363 g/mol. The van der Waals surface area contributed by atoms with Gasteiger partial charge in [0.15, 0.2) is 6.10 Å². The Hall–Kier alpha value is -3.23. The van der Waals surface area contributed by atoms with E-state index < -0.39 is 34.5 Å². The summed E-state index contributed by atoms with van der Waals surface area (Å²) >= 11 is 0. The van der Waals surface area contributed by atoms with Crippen molar-refractivity contribution in [2.45, 2.75) is 39.3 Å². The summed E-state index contributed by atoms with van der Waals surface area (Å²) in [6, 6.07) is 4.97. The number of rotatable bonds is 5. The second-order valence-corrected chi connectivity index (χ2v) is 6.46. The van der Waals surface area contributed by atoms with Gasteiger partial charge in [0.05, 0.1) is 4.92 Å². The summed E-state index contributed by atoms with van der Waals surface area (Å²) in [4.78, 5) is 45.3. The van der Waals surface area contributed by atoms with Gasteiger partial charge >= 0.3 is 12.0 Å². The molecule has 1 unspecified atom stereocenters. The Kier molecular flexibility index (Phi) is 7.00. The van der Waals surface area contributed by atoms with Gasteiger partial charge in [-0.1, -0.05) is 12.1 Å². The molecule has 0 aromatic heterocycles. The van der Waals surface area contributed by atoms with Crippen LogP contribution in [0.4, 0.5) is 10.5 Å². The lowest BCUT2D eigenvalue weighted by Gasteiger charge is -2.21. The van der Waals surface area contributed by atoms with Crippen molar-refractivity contribution >= 4 is 29.7 Å². The molecule has 140 valence electrons. The molecule has 9 heteroatoms. The largest absolute Gasteiger partial charge is 0.449 e.